The molecule has 1 rings (SSSR count). The predicted molar refractivity (Wildman–Crippen MR) is 56.4 cm³/mol. The molecule has 1 atom stereocenters. The Balaban J connectivity index is 2.86. The minimum Gasteiger partial charge on any atom is -0.322 e. The first kappa shape index (κ1) is 11.1. The third kappa shape index (κ3) is 2.78. The summed E-state index contributed by atoms with van der Waals surface area (Å²) in [6, 6.07) is 3.64. The van der Waals surface area contributed by atoms with Crippen LogP contribution in [-0.4, -0.2) is 11.9 Å². The second-order valence-corrected chi connectivity index (χ2v) is 3.82. The molecule has 1 unspecified atom stereocenters. The number of halogens is 2. The lowest BCUT2D eigenvalue weighted by Gasteiger charge is -2.08. The topological polar surface area (TPSA) is 55.1 Å². The van der Waals surface area contributed by atoms with E-state index in [-0.39, 0.29) is 5.69 Å². The summed E-state index contributed by atoms with van der Waals surface area (Å²) in [4.78, 5) is 11.2. The van der Waals surface area contributed by atoms with Crippen molar-refractivity contribution in [2.45, 2.75) is 13.0 Å². The Kier molecular flexibility index (Phi) is 3.60. The van der Waals surface area contributed by atoms with Gasteiger partial charge in [-0.15, -0.1) is 0 Å². The molecule has 0 aliphatic heterocycles. The molecule has 0 aliphatic rings. The van der Waals surface area contributed by atoms with Gasteiger partial charge in [-0.25, -0.2) is 4.39 Å². The Labute approximate surface area is 89.6 Å². The van der Waals surface area contributed by atoms with Crippen molar-refractivity contribution in [3.63, 3.8) is 0 Å². The number of benzene rings is 1. The molecule has 0 aromatic heterocycles. The van der Waals surface area contributed by atoms with Gasteiger partial charge in [0.15, 0.2) is 0 Å². The van der Waals surface area contributed by atoms with Crippen LogP contribution in [0.5, 0.6) is 0 Å². The van der Waals surface area contributed by atoms with E-state index in [2.05, 4.69) is 21.2 Å². The van der Waals surface area contributed by atoms with Crippen molar-refractivity contribution in [2.24, 2.45) is 5.73 Å². The molecule has 1 aromatic carbocycles. The van der Waals surface area contributed by atoms with Crippen LogP contribution in [0.4, 0.5) is 10.1 Å². The summed E-state index contributed by atoms with van der Waals surface area (Å²) in [5, 5.41) is 2.38. The molecule has 14 heavy (non-hydrogen) atoms. The van der Waals surface area contributed by atoms with Gasteiger partial charge in [-0.05, 0) is 25.1 Å². The molecule has 0 saturated heterocycles. The van der Waals surface area contributed by atoms with E-state index in [1.54, 1.807) is 6.07 Å². The molecule has 0 saturated carbocycles. The van der Waals surface area contributed by atoms with Gasteiger partial charge in [0.1, 0.15) is 5.82 Å². The second-order valence-electron chi connectivity index (χ2n) is 2.90. The molecule has 0 bridgehead atoms. The zero-order valence-corrected chi connectivity index (χ0v) is 9.14. The molecule has 0 heterocycles. The summed E-state index contributed by atoms with van der Waals surface area (Å²) in [5.74, 6) is -0.899. The summed E-state index contributed by atoms with van der Waals surface area (Å²) in [5.41, 5.74) is 5.45. The number of hydrogen-bond donors (Lipinski definition) is 2. The molecular formula is C9H10BrFN2O. The first-order valence-corrected chi connectivity index (χ1v) is 4.81. The molecule has 0 spiro atoms. The van der Waals surface area contributed by atoms with Crippen molar-refractivity contribution in [3.05, 3.63) is 28.5 Å². The SMILES string of the molecule is CC(N)C(=O)Nc1cc(Br)ccc1F. The fourth-order valence-corrected chi connectivity index (χ4v) is 1.20. The summed E-state index contributed by atoms with van der Waals surface area (Å²) in [6.07, 6.45) is 0. The number of rotatable bonds is 2. The van der Waals surface area contributed by atoms with Crippen molar-refractivity contribution in [2.75, 3.05) is 5.32 Å². The Morgan fingerprint density at radius 2 is 2.29 bits per heavy atom. The van der Waals surface area contributed by atoms with E-state index in [1.165, 1.54) is 19.1 Å². The summed E-state index contributed by atoms with van der Waals surface area (Å²) >= 11 is 3.17. The van der Waals surface area contributed by atoms with Gasteiger partial charge >= 0.3 is 0 Å². The zero-order valence-electron chi connectivity index (χ0n) is 7.55. The van der Waals surface area contributed by atoms with Gasteiger partial charge in [0.05, 0.1) is 11.7 Å². The highest BCUT2D eigenvalue weighted by atomic mass is 79.9. The molecule has 5 heteroatoms. The minimum atomic E-state index is -0.659. The molecule has 3 nitrogen and oxygen atoms in total. The van der Waals surface area contributed by atoms with Crippen LogP contribution in [0, 0.1) is 5.82 Å². The van der Waals surface area contributed by atoms with Gasteiger partial charge in [0, 0.05) is 4.47 Å². The fourth-order valence-electron chi connectivity index (χ4n) is 0.840. The van der Waals surface area contributed by atoms with E-state index in [0.29, 0.717) is 4.47 Å². The van der Waals surface area contributed by atoms with Crippen LogP contribution in [0.15, 0.2) is 22.7 Å². The van der Waals surface area contributed by atoms with Gasteiger partial charge in [-0.3, -0.25) is 4.79 Å². The Bertz CT molecular complexity index is 355. The van der Waals surface area contributed by atoms with Gasteiger partial charge < -0.3 is 11.1 Å². The lowest BCUT2D eigenvalue weighted by Crippen LogP contribution is -2.32. The highest BCUT2D eigenvalue weighted by molar-refractivity contribution is 9.10. The number of nitrogens with two attached hydrogens (primary N) is 1. The summed E-state index contributed by atoms with van der Waals surface area (Å²) in [6.45, 7) is 1.53. The first-order valence-electron chi connectivity index (χ1n) is 4.02. The Morgan fingerprint density at radius 3 is 2.86 bits per heavy atom. The quantitative estimate of drug-likeness (QED) is 0.853. The van der Waals surface area contributed by atoms with Gasteiger partial charge in [0.2, 0.25) is 5.91 Å². The van der Waals surface area contributed by atoms with Crippen molar-refractivity contribution < 1.29 is 9.18 Å². The number of anilines is 1. The van der Waals surface area contributed by atoms with Crippen LogP contribution in [0.1, 0.15) is 6.92 Å². The molecule has 76 valence electrons. The van der Waals surface area contributed by atoms with E-state index >= 15 is 0 Å². The van der Waals surface area contributed by atoms with E-state index in [0.717, 1.165) is 0 Å². The highest BCUT2D eigenvalue weighted by Crippen LogP contribution is 2.19. The van der Waals surface area contributed by atoms with E-state index < -0.39 is 17.8 Å². The molecule has 0 radical (unpaired) electrons. The summed E-state index contributed by atoms with van der Waals surface area (Å²) < 4.78 is 13.8. The maximum Gasteiger partial charge on any atom is 0.241 e. The van der Waals surface area contributed by atoms with Gasteiger partial charge in [-0.2, -0.15) is 0 Å². The molecule has 1 amide bonds. The number of nitrogens with one attached hydrogen (secondary N) is 1. The standard InChI is InChI=1S/C9H10BrFN2O/c1-5(12)9(14)13-8-4-6(10)2-3-7(8)11/h2-5H,12H2,1H3,(H,13,14). The van der Waals surface area contributed by atoms with E-state index in [4.69, 9.17) is 5.73 Å². The normalized spacial score (nSPS) is 12.3. The lowest BCUT2D eigenvalue weighted by atomic mass is 10.2. The molecule has 1 aromatic rings. The Morgan fingerprint density at radius 1 is 1.64 bits per heavy atom. The molecule has 3 N–H and O–H groups in total. The molecule has 0 aliphatic carbocycles. The van der Waals surface area contributed by atoms with E-state index in [9.17, 15) is 9.18 Å². The number of carbonyl (C=O) groups excluding carboxylic acids is 1. The second kappa shape index (κ2) is 4.52. The lowest BCUT2D eigenvalue weighted by molar-refractivity contribution is -0.117. The van der Waals surface area contributed by atoms with Gasteiger partial charge in [-0.1, -0.05) is 15.9 Å². The van der Waals surface area contributed by atoms with Crippen LogP contribution in [0.2, 0.25) is 0 Å². The van der Waals surface area contributed by atoms with Crippen molar-refractivity contribution in [3.8, 4) is 0 Å². The van der Waals surface area contributed by atoms with Gasteiger partial charge in [0.25, 0.3) is 0 Å². The van der Waals surface area contributed by atoms with Crippen molar-refractivity contribution in [1.29, 1.82) is 0 Å². The van der Waals surface area contributed by atoms with Crippen LogP contribution >= 0.6 is 15.9 Å². The minimum absolute atomic E-state index is 0.127. The third-order valence-corrected chi connectivity index (χ3v) is 2.09. The fraction of sp³-hybridized carbons (Fsp3) is 0.222. The van der Waals surface area contributed by atoms with Crippen LogP contribution in [0.3, 0.4) is 0 Å². The zero-order chi connectivity index (χ0) is 10.7. The average Bonchev–Trinajstić information content (AvgIpc) is 2.11. The summed E-state index contributed by atoms with van der Waals surface area (Å²) in [7, 11) is 0. The van der Waals surface area contributed by atoms with Crippen molar-refractivity contribution in [1.82, 2.24) is 0 Å². The smallest absolute Gasteiger partial charge is 0.241 e. The average molecular weight is 261 g/mol. The molecular weight excluding hydrogens is 251 g/mol. The van der Waals surface area contributed by atoms with Crippen LogP contribution in [0.25, 0.3) is 0 Å². The number of hydrogen-bond acceptors (Lipinski definition) is 2. The number of amides is 1. The third-order valence-electron chi connectivity index (χ3n) is 1.60. The highest BCUT2D eigenvalue weighted by Gasteiger charge is 2.10. The van der Waals surface area contributed by atoms with Crippen LogP contribution < -0.4 is 11.1 Å². The largest absolute Gasteiger partial charge is 0.322 e. The maximum atomic E-state index is 13.1. The monoisotopic (exact) mass is 260 g/mol. The predicted octanol–water partition coefficient (Wildman–Crippen LogP) is 1.87. The molecule has 0 fully saturated rings. The van der Waals surface area contributed by atoms with Crippen molar-refractivity contribution >= 4 is 27.5 Å². The maximum absolute atomic E-state index is 13.1. The van der Waals surface area contributed by atoms with Crippen LogP contribution in [-0.2, 0) is 4.79 Å². The Hall–Kier alpha value is -0.940. The number of carbonyl (C=O) groups is 1. The first-order chi connectivity index (χ1) is 6.50. The van der Waals surface area contributed by atoms with E-state index in [1.807, 2.05) is 0 Å².